The maximum atomic E-state index is 5.85. The van der Waals surface area contributed by atoms with Crippen molar-refractivity contribution in [1.29, 1.82) is 0 Å². The maximum absolute atomic E-state index is 5.85. The van der Waals surface area contributed by atoms with E-state index in [0.29, 0.717) is 17.4 Å². The zero-order chi connectivity index (χ0) is 7.94. The first-order valence-corrected chi connectivity index (χ1v) is 3.87. The lowest BCUT2D eigenvalue weighted by atomic mass is 10.1. The molecule has 1 heteroatoms. The quantitative estimate of drug-likeness (QED) is 0.552. The van der Waals surface area contributed by atoms with Gasteiger partial charge in [0.05, 0.1) is 0 Å². The van der Waals surface area contributed by atoms with Crippen LogP contribution in [0.5, 0.6) is 0 Å². The first kappa shape index (κ1) is 7.80. The molecule has 2 unspecified atom stereocenters. The van der Waals surface area contributed by atoms with E-state index in [2.05, 4.69) is 33.8 Å². The van der Waals surface area contributed by atoms with E-state index < -0.39 is 0 Å². The fraction of sp³-hybridized carbons (Fsp3) is 0.778. The molecule has 0 aliphatic heterocycles. The predicted molar refractivity (Wildman–Crippen MR) is 44.7 cm³/mol. The summed E-state index contributed by atoms with van der Waals surface area (Å²) in [7, 11) is 0. The van der Waals surface area contributed by atoms with Gasteiger partial charge in [0.15, 0.2) is 0 Å². The number of allylic oxidation sites excluding steroid dienone is 1. The van der Waals surface area contributed by atoms with Gasteiger partial charge in [-0.15, -0.1) is 0 Å². The van der Waals surface area contributed by atoms with E-state index in [0.717, 1.165) is 0 Å². The Bertz CT molecular complexity index is 164. The van der Waals surface area contributed by atoms with Crippen molar-refractivity contribution in [2.45, 2.75) is 33.7 Å². The Hall–Kier alpha value is -0.300. The highest BCUT2D eigenvalue weighted by Gasteiger charge is 2.53. The predicted octanol–water partition coefficient (Wildman–Crippen LogP) is 1.94. The lowest BCUT2D eigenvalue weighted by Crippen LogP contribution is -2.06. The van der Waals surface area contributed by atoms with E-state index in [-0.39, 0.29) is 0 Å². The molecule has 1 rings (SSSR count). The Balaban J connectivity index is 2.58. The van der Waals surface area contributed by atoms with Crippen LogP contribution in [0.2, 0.25) is 0 Å². The molecule has 0 heterocycles. The van der Waals surface area contributed by atoms with Gasteiger partial charge in [-0.2, -0.15) is 0 Å². The molecule has 0 spiro atoms. The number of rotatable bonds is 1. The van der Waals surface area contributed by atoms with E-state index in [1.807, 2.05) is 0 Å². The van der Waals surface area contributed by atoms with Crippen molar-refractivity contribution in [2.75, 3.05) is 0 Å². The molecule has 1 saturated carbocycles. The molecule has 2 N–H and O–H groups in total. The summed E-state index contributed by atoms with van der Waals surface area (Å²) < 4.78 is 0. The molecule has 2 atom stereocenters. The Labute approximate surface area is 63.3 Å². The van der Waals surface area contributed by atoms with Crippen molar-refractivity contribution < 1.29 is 0 Å². The second kappa shape index (κ2) is 2.09. The maximum Gasteiger partial charge on any atom is 0.0166 e. The standard InChI is InChI=1S/C9H17N/c1-6(2)5-7-8(10)9(7,3)4/h5,7-8H,10H2,1-4H3. The molecule has 1 nitrogen and oxygen atoms in total. The molecule has 0 aromatic carbocycles. The third-order valence-corrected chi connectivity index (χ3v) is 2.51. The lowest BCUT2D eigenvalue weighted by Gasteiger charge is -1.96. The molecule has 0 amide bonds. The summed E-state index contributed by atoms with van der Waals surface area (Å²) in [6.45, 7) is 8.70. The minimum atomic E-state index is 0.358. The van der Waals surface area contributed by atoms with Crippen LogP contribution in [-0.2, 0) is 0 Å². The van der Waals surface area contributed by atoms with Gasteiger partial charge in [0.25, 0.3) is 0 Å². The SMILES string of the molecule is CC(C)=CC1C(N)C1(C)C. The molecule has 10 heavy (non-hydrogen) atoms. The van der Waals surface area contributed by atoms with Crippen LogP contribution in [-0.4, -0.2) is 6.04 Å². The summed E-state index contributed by atoms with van der Waals surface area (Å²) in [4.78, 5) is 0. The molecule has 1 fully saturated rings. The van der Waals surface area contributed by atoms with Crippen LogP contribution in [0.25, 0.3) is 0 Å². The first-order valence-electron chi connectivity index (χ1n) is 3.87. The minimum Gasteiger partial charge on any atom is -0.327 e. The Kier molecular flexibility index (Phi) is 1.63. The molecule has 1 aliphatic rings. The highest BCUT2D eigenvalue weighted by molar-refractivity contribution is 5.19. The molecule has 58 valence electrons. The lowest BCUT2D eigenvalue weighted by molar-refractivity contribution is 0.590. The van der Waals surface area contributed by atoms with Gasteiger partial charge in [-0.25, -0.2) is 0 Å². The Morgan fingerprint density at radius 1 is 1.40 bits per heavy atom. The average molecular weight is 139 g/mol. The molecule has 1 aliphatic carbocycles. The fourth-order valence-electron chi connectivity index (χ4n) is 1.40. The summed E-state index contributed by atoms with van der Waals surface area (Å²) in [6.07, 6.45) is 2.28. The molecular formula is C9H17N. The summed E-state index contributed by atoms with van der Waals surface area (Å²) in [6, 6.07) is 0.391. The molecule has 0 bridgehead atoms. The second-order valence-electron chi connectivity index (χ2n) is 4.12. The number of hydrogen-bond donors (Lipinski definition) is 1. The van der Waals surface area contributed by atoms with Gasteiger partial charge >= 0.3 is 0 Å². The van der Waals surface area contributed by atoms with E-state index in [1.165, 1.54) is 5.57 Å². The van der Waals surface area contributed by atoms with E-state index in [1.54, 1.807) is 0 Å². The van der Waals surface area contributed by atoms with Gasteiger partial charge in [-0.3, -0.25) is 0 Å². The molecule has 0 aromatic heterocycles. The van der Waals surface area contributed by atoms with E-state index in [4.69, 9.17) is 5.73 Å². The van der Waals surface area contributed by atoms with Crippen LogP contribution in [0, 0.1) is 11.3 Å². The first-order chi connectivity index (χ1) is 4.46. The van der Waals surface area contributed by atoms with Crippen LogP contribution >= 0.6 is 0 Å². The smallest absolute Gasteiger partial charge is 0.0166 e. The second-order valence-corrected chi connectivity index (χ2v) is 4.12. The zero-order valence-electron chi connectivity index (χ0n) is 7.31. The summed E-state index contributed by atoms with van der Waals surface area (Å²) in [5.41, 5.74) is 7.59. The van der Waals surface area contributed by atoms with Crippen LogP contribution in [0.3, 0.4) is 0 Å². The van der Waals surface area contributed by atoms with Crippen molar-refractivity contribution in [3.05, 3.63) is 11.6 Å². The van der Waals surface area contributed by atoms with E-state index in [9.17, 15) is 0 Å². The van der Waals surface area contributed by atoms with Crippen LogP contribution in [0.15, 0.2) is 11.6 Å². The normalized spacial score (nSPS) is 35.3. The van der Waals surface area contributed by atoms with Gasteiger partial charge in [0, 0.05) is 6.04 Å². The summed E-state index contributed by atoms with van der Waals surface area (Å²) in [5.74, 6) is 0.623. The molecule has 0 radical (unpaired) electrons. The van der Waals surface area contributed by atoms with Crippen LogP contribution in [0.4, 0.5) is 0 Å². The van der Waals surface area contributed by atoms with Crippen molar-refractivity contribution in [1.82, 2.24) is 0 Å². The van der Waals surface area contributed by atoms with Crippen LogP contribution in [0.1, 0.15) is 27.7 Å². The highest BCUT2D eigenvalue weighted by Crippen LogP contribution is 2.51. The van der Waals surface area contributed by atoms with Crippen molar-refractivity contribution in [2.24, 2.45) is 17.1 Å². The summed E-state index contributed by atoms with van der Waals surface area (Å²) >= 11 is 0. The largest absolute Gasteiger partial charge is 0.327 e. The third kappa shape index (κ3) is 1.10. The highest BCUT2D eigenvalue weighted by atomic mass is 14.8. The van der Waals surface area contributed by atoms with Gasteiger partial charge < -0.3 is 5.73 Å². The van der Waals surface area contributed by atoms with Crippen molar-refractivity contribution in [3.63, 3.8) is 0 Å². The fourth-order valence-corrected chi connectivity index (χ4v) is 1.40. The van der Waals surface area contributed by atoms with Gasteiger partial charge in [0.2, 0.25) is 0 Å². The average Bonchev–Trinajstić information content (AvgIpc) is 2.17. The summed E-state index contributed by atoms with van der Waals surface area (Å²) in [5, 5.41) is 0. The number of hydrogen-bond acceptors (Lipinski definition) is 1. The Morgan fingerprint density at radius 2 is 1.80 bits per heavy atom. The van der Waals surface area contributed by atoms with Gasteiger partial charge in [-0.05, 0) is 25.2 Å². The minimum absolute atomic E-state index is 0.358. The monoisotopic (exact) mass is 139 g/mol. The number of nitrogens with two attached hydrogens (primary N) is 1. The molecule has 0 aromatic rings. The Morgan fingerprint density at radius 3 is 1.90 bits per heavy atom. The topological polar surface area (TPSA) is 26.0 Å². The third-order valence-electron chi connectivity index (χ3n) is 2.51. The van der Waals surface area contributed by atoms with Crippen molar-refractivity contribution >= 4 is 0 Å². The zero-order valence-corrected chi connectivity index (χ0v) is 7.31. The van der Waals surface area contributed by atoms with Gasteiger partial charge in [0.1, 0.15) is 0 Å². The molecule has 0 saturated heterocycles. The van der Waals surface area contributed by atoms with Gasteiger partial charge in [-0.1, -0.05) is 25.5 Å². The van der Waals surface area contributed by atoms with Crippen molar-refractivity contribution in [3.8, 4) is 0 Å². The molecular weight excluding hydrogens is 122 g/mol. The van der Waals surface area contributed by atoms with Crippen LogP contribution < -0.4 is 5.73 Å². The van der Waals surface area contributed by atoms with E-state index >= 15 is 0 Å².